The first-order valence-electron chi connectivity index (χ1n) is 10.5. The maximum absolute atomic E-state index is 13.1. The maximum Gasteiger partial charge on any atom is 0.230 e. The molecule has 1 aliphatic carbocycles. The zero-order valence-electron chi connectivity index (χ0n) is 17.9. The Labute approximate surface area is 192 Å². The Kier molecular flexibility index (Phi) is 6.18. The van der Waals surface area contributed by atoms with E-state index in [9.17, 15) is 18.0 Å². The third kappa shape index (κ3) is 4.47. The topological polar surface area (TPSA) is 92.8 Å². The third-order valence-electron chi connectivity index (χ3n) is 5.91. The second-order valence-corrected chi connectivity index (χ2v) is 11.1. The lowest BCUT2D eigenvalue weighted by molar-refractivity contribution is -0.119. The van der Waals surface area contributed by atoms with Gasteiger partial charge in [-0.1, -0.05) is 11.6 Å². The number of halogens is 1. The van der Waals surface area contributed by atoms with Crippen LogP contribution in [-0.2, 0) is 25.8 Å². The smallest absolute Gasteiger partial charge is 0.230 e. The molecule has 1 fully saturated rings. The number of carbonyl (C=O) groups is 2. The standard InChI is InChI=1S/C23H25ClN2O5S/c1-14(11-22(27)25-19-13-17(24)5-8-21(19)31-2)32(29,30)18-6-7-20-16(12-18)9-10-26(20)23(28)15-3-4-15/h5-8,12-15H,3-4,9-11H2,1-2H3,(H,25,27)/t14-/m1/s1. The highest BCUT2D eigenvalue weighted by atomic mass is 35.5. The summed E-state index contributed by atoms with van der Waals surface area (Å²) in [6.07, 6.45) is 2.26. The number of anilines is 2. The second kappa shape index (κ2) is 8.75. The Balaban J connectivity index is 1.47. The van der Waals surface area contributed by atoms with E-state index in [1.807, 2.05) is 0 Å². The van der Waals surface area contributed by atoms with Crippen molar-refractivity contribution >= 4 is 44.6 Å². The molecule has 0 unspecified atom stereocenters. The third-order valence-corrected chi connectivity index (χ3v) is 8.28. The highest BCUT2D eigenvalue weighted by Crippen LogP contribution is 2.37. The molecule has 2 amide bonds. The molecule has 2 aliphatic rings. The van der Waals surface area contributed by atoms with Gasteiger partial charge < -0.3 is 15.0 Å². The van der Waals surface area contributed by atoms with Gasteiger partial charge in [-0.05, 0) is 68.1 Å². The highest BCUT2D eigenvalue weighted by Gasteiger charge is 2.37. The summed E-state index contributed by atoms with van der Waals surface area (Å²) in [7, 11) is -2.26. The quantitative estimate of drug-likeness (QED) is 0.655. The number of carbonyl (C=O) groups excluding carboxylic acids is 2. The Morgan fingerprint density at radius 2 is 1.97 bits per heavy atom. The molecule has 4 rings (SSSR count). The second-order valence-electron chi connectivity index (χ2n) is 8.26. The minimum absolute atomic E-state index is 0.112. The Morgan fingerprint density at radius 3 is 2.66 bits per heavy atom. The number of methoxy groups -OCH3 is 1. The van der Waals surface area contributed by atoms with Crippen molar-refractivity contribution in [3.8, 4) is 5.75 Å². The molecule has 2 aromatic carbocycles. The molecule has 1 saturated carbocycles. The molecule has 1 atom stereocenters. The van der Waals surface area contributed by atoms with Gasteiger partial charge in [0.05, 0.1) is 22.9 Å². The van der Waals surface area contributed by atoms with E-state index < -0.39 is 21.0 Å². The number of benzene rings is 2. The molecule has 1 heterocycles. The lowest BCUT2D eigenvalue weighted by atomic mass is 10.2. The van der Waals surface area contributed by atoms with Crippen LogP contribution in [-0.4, -0.2) is 39.1 Å². The monoisotopic (exact) mass is 476 g/mol. The van der Waals surface area contributed by atoms with Crippen LogP contribution in [0.2, 0.25) is 5.02 Å². The molecule has 0 radical (unpaired) electrons. The number of hydrogen-bond acceptors (Lipinski definition) is 5. The summed E-state index contributed by atoms with van der Waals surface area (Å²) >= 11 is 5.99. The van der Waals surface area contributed by atoms with E-state index in [2.05, 4.69) is 5.32 Å². The van der Waals surface area contributed by atoms with Crippen molar-refractivity contribution in [1.82, 2.24) is 0 Å². The summed E-state index contributed by atoms with van der Waals surface area (Å²) < 4.78 is 31.5. The van der Waals surface area contributed by atoms with Gasteiger partial charge in [-0.25, -0.2) is 8.42 Å². The van der Waals surface area contributed by atoms with Crippen LogP contribution in [0.1, 0.15) is 31.7 Å². The zero-order chi connectivity index (χ0) is 23.0. The number of nitrogens with zero attached hydrogens (tertiary/aromatic N) is 1. The molecule has 32 heavy (non-hydrogen) atoms. The van der Waals surface area contributed by atoms with Gasteiger partial charge in [-0.3, -0.25) is 9.59 Å². The summed E-state index contributed by atoms with van der Waals surface area (Å²) in [5, 5.41) is 2.17. The predicted molar refractivity (Wildman–Crippen MR) is 123 cm³/mol. The van der Waals surface area contributed by atoms with Crippen molar-refractivity contribution in [2.24, 2.45) is 5.92 Å². The van der Waals surface area contributed by atoms with Gasteiger partial charge in [-0.15, -0.1) is 0 Å². The Hall–Kier alpha value is -2.58. The van der Waals surface area contributed by atoms with Gasteiger partial charge in [0.2, 0.25) is 11.8 Å². The minimum Gasteiger partial charge on any atom is -0.495 e. The Morgan fingerprint density at radius 1 is 1.22 bits per heavy atom. The zero-order valence-corrected chi connectivity index (χ0v) is 19.5. The van der Waals surface area contributed by atoms with Gasteiger partial charge >= 0.3 is 0 Å². The number of rotatable bonds is 7. The number of ether oxygens (including phenoxy) is 1. The molecule has 9 heteroatoms. The fourth-order valence-corrected chi connectivity index (χ4v) is 5.49. The van der Waals surface area contributed by atoms with Crippen molar-refractivity contribution in [1.29, 1.82) is 0 Å². The number of sulfone groups is 1. The van der Waals surface area contributed by atoms with E-state index in [1.54, 1.807) is 35.2 Å². The van der Waals surface area contributed by atoms with E-state index in [1.165, 1.54) is 20.1 Å². The van der Waals surface area contributed by atoms with Gasteiger partial charge in [0.25, 0.3) is 0 Å². The average molecular weight is 477 g/mol. The van der Waals surface area contributed by atoms with E-state index in [0.29, 0.717) is 29.4 Å². The normalized spacial score (nSPS) is 16.4. The molecule has 0 saturated heterocycles. The largest absolute Gasteiger partial charge is 0.495 e. The van der Waals surface area contributed by atoms with Gasteiger partial charge in [0.1, 0.15) is 5.75 Å². The van der Waals surface area contributed by atoms with Crippen LogP contribution >= 0.6 is 11.6 Å². The van der Waals surface area contributed by atoms with Crippen LogP contribution in [0.15, 0.2) is 41.3 Å². The predicted octanol–water partition coefficient (Wildman–Crippen LogP) is 3.84. The van der Waals surface area contributed by atoms with Crippen LogP contribution in [0.5, 0.6) is 5.75 Å². The average Bonchev–Trinajstić information content (AvgIpc) is 3.52. The fraction of sp³-hybridized carbons (Fsp3) is 0.391. The summed E-state index contributed by atoms with van der Waals surface area (Å²) in [6, 6.07) is 9.68. The van der Waals surface area contributed by atoms with Crippen molar-refractivity contribution in [3.05, 3.63) is 47.0 Å². The van der Waals surface area contributed by atoms with Crippen LogP contribution in [0, 0.1) is 5.92 Å². The van der Waals surface area contributed by atoms with Crippen molar-refractivity contribution in [2.75, 3.05) is 23.9 Å². The molecule has 7 nitrogen and oxygen atoms in total. The van der Waals surface area contributed by atoms with Gasteiger partial charge in [0.15, 0.2) is 9.84 Å². The number of nitrogens with one attached hydrogen (secondary N) is 1. The summed E-state index contributed by atoms with van der Waals surface area (Å²) in [6.45, 7) is 2.09. The van der Waals surface area contributed by atoms with Crippen LogP contribution < -0.4 is 15.0 Å². The lowest BCUT2D eigenvalue weighted by Crippen LogP contribution is -2.30. The molecule has 0 aromatic heterocycles. The molecule has 1 N–H and O–H groups in total. The van der Waals surface area contributed by atoms with Gasteiger partial charge in [-0.2, -0.15) is 0 Å². The summed E-state index contributed by atoms with van der Waals surface area (Å²) in [5.74, 6) is 0.216. The summed E-state index contributed by atoms with van der Waals surface area (Å²) in [5.41, 5.74) is 2.02. The van der Waals surface area contributed by atoms with Crippen LogP contribution in [0.25, 0.3) is 0 Å². The molecule has 0 bridgehead atoms. The first-order chi connectivity index (χ1) is 15.2. The van der Waals surface area contributed by atoms with Gasteiger partial charge in [0, 0.05) is 29.6 Å². The molecular formula is C23H25ClN2O5S. The molecule has 170 valence electrons. The van der Waals surface area contributed by atoms with E-state index in [-0.39, 0.29) is 23.1 Å². The molecule has 0 spiro atoms. The SMILES string of the molecule is COc1ccc(Cl)cc1NC(=O)C[C@@H](C)S(=O)(=O)c1ccc2c(c1)CCN2C(=O)C1CC1. The van der Waals surface area contributed by atoms with Crippen molar-refractivity contribution in [3.63, 3.8) is 0 Å². The number of fused-ring (bicyclic) bond motifs is 1. The van der Waals surface area contributed by atoms with Crippen LogP contribution in [0.4, 0.5) is 11.4 Å². The molecule has 1 aliphatic heterocycles. The molecule has 2 aromatic rings. The number of hydrogen-bond donors (Lipinski definition) is 1. The van der Waals surface area contributed by atoms with Crippen molar-refractivity contribution < 1.29 is 22.7 Å². The first kappa shape index (κ1) is 22.6. The fourth-order valence-electron chi connectivity index (χ4n) is 3.92. The van der Waals surface area contributed by atoms with E-state index >= 15 is 0 Å². The maximum atomic E-state index is 13.1. The Bertz CT molecular complexity index is 1180. The lowest BCUT2D eigenvalue weighted by Gasteiger charge is -2.18. The molecular weight excluding hydrogens is 452 g/mol. The minimum atomic E-state index is -3.74. The van der Waals surface area contributed by atoms with Crippen molar-refractivity contribution in [2.45, 2.75) is 42.8 Å². The summed E-state index contributed by atoms with van der Waals surface area (Å²) in [4.78, 5) is 26.9. The number of amides is 2. The first-order valence-corrected chi connectivity index (χ1v) is 12.4. The van der Waals surface area contributed by atoms with E-state index in [4.69, 9.17) is 16.3 Å². The highest BCUT2D eigenvalue weighted by molar-refractivity contribution is 7.92. The van der Waals surface area contributed by atoms with Crippen LogP contribution in [0.3, 0.4) is 0 Å². The van der Waals surface area contributed by atoms with E-state index in [0.717, 1.165) is 24.1 Å².